The molecule has 0 aliphatic carbocycles. The first-order valence-corrected chi connectivity index (χ1v) is 8.06. The van der Waals surface area contributed by atoms with Crippen LogP contribution >= 0.6 is 0 Å². The number of hydrogen-bond acceptors (Lipinski definition) is 3. The smallest absolute Gasteiger partial charge is 0.315 e. The van der Waals surface area contributed by atoms with Crippen LogP contribution in [0, 0.1) is 5.82 Å². The number of carbonyl (C=O) groups is 2. The summed E-state index contributed by atoms with van der Waals surface area (Å²) >= 11 is 0. The molecule has 0 spiro atoms. The van der Waals surface area contributed by atoms with Gasteiger partial charge in [0.2, 0.25) is 5.91 Å². The van der Waals surface area contributed by atoms with E-state index in [1.54, 1.807) is 44.2 Å². The number of hydrogen-bond donors (Lipinski definition) is 3. The molecule has 3 N–H and O–H groups in total. The van der Waals surface area contributed by atoms with Crippen LogP contribution in [0.2, 0.25) is 0 Å². The van der Waals surface area contributed by atoms with E-state index in [9.17, 15) is 14.0 Å². The van der Waals surface area contributed by atoms with Crippen molar-refractivity contribution in [3.63, 3.8) is 0 Å². The van der Waals surface area contributed by atoms with Crippen LogP contribution in [0.5, 0.6) is 0 Å². The van der Waals surface area contributed by atoms with Gasteiger partial charge in [-0.1, -0.05) is 18.2 Å². The van der Waals surface area contributed by atoms with E-state index in [4.69, 9.17) is 4.42 Å². The molecule has 1 heterocycles. The predicted molar refractivity (Wildman–Crippen MR) is 91.3 cm³/mol. The highest BCUT2D eigenvalue weighted by atomic mass is 19.1. The Labute approximate surface area is 145 Å². The highest BCUT2D eigenvalue weighted by Gasteiger charge is 2.17. The van der Waals surface area contributed by atoms with Crippen LogP contribution in [0.25, 0.3) is 0 Å². The molecule has 134 valence electrons. The molecule has 2 unspecified atom stereocenters. The Kier molecular flexibility index (Phi) is 6.56. The molecule has 25 heavy (non-hydrogen) atoms. The maximum absolute atomic E-state index is 13.6. The molecule has 0 saturated carbocycles. The van der Waals surface area contributed by atoms with Crippen molar-refractivity contribution in [2.45, 2.75) is 38.9 Å². The van der Waals surface area contributed by atoms with Crippen LogP contribution in [0.1, 0.15) is 25.2 Å². The average molecular weight is 347 g/mol. The third-order valence-corrected chi connectivity index (χ3v) is 3.62. The van der Waals surface area contributed by atoms with Crippen LogP contribution in [0.15, 0.2) is 47.1 Å². The minimum Gasteiger partial charge on any atom is -0.467 e. The van der Waals surface area contributed by atoms with Gasteiger partial charge in [0.05, 0.1) is 12.8 Å². The number of amides is 3. The van der Waals surface area contributed by atoms with Crippen LogP contribution in [0.3, 0.4) is 0 Å². The molecule has 1 aromatic heterocycles. The van der Waals surface area contributed by atoms with Gasteiger partial charge in [0.25, 0.3) is 0 Å². The van der Waals surface area contributed by atoms with Crippen molar-refractivity contribution in [2.75, 3.05) is 0 Å². The van der Waals surface area contributed by atoms with Crippen molar-refractivity contribution >= 4 is 11.9 Å². The summed E-state index contributed by atoms with van der Waals surface area (Å²) in [6.45, 7) is 3.61. The van der Waals surface area contributed by atoms with Crippen molar-refractivity contribution in [1.29, 1.82) is 0 Å². The van der Waals surface area contributed by atoms with Gasteiger partial charge in [-0.3, -0.25) is 4.79 Å². The van der Waals surface area contributed by atoms with Crippen molar-refractivity contribution in [2.24, 2.45) is 0 Å². The molecule has 3 amide bonds. The summed E-state index contributed by atoms with van der Waals surface area (Å²) in [6.07, 6.45) is 1.88. The van der Waals surface area contributed by atoms with Crippen molar-refractivity contribution in [3.05, 3.63) is 59.8 Å². The topological polar surface area (TPSA) is 83.4 Å². The van der Waals surface area contributed by atoms with Crippen LogP contribution in [-0.2, 0) is 17.8 Å². The van der Waals surface area contributed by atoms with E-state index >= 15 is 0 Å². The van der Waals surface area contributed by atoms with Crippen molar-refractivity contribution in [3.8, 4) is 0 Å². The fraction of sp³-hybridized carbons (Fsp3) is 0.333. The monoisotopic (exact) mass is 347 g/mol. The summed E-state index contributed by atoms with van der Waals surface area (Å²) in [4.78, 5) is 23.9. The summed E-state index contributed by atoms with van der Waals surface area (Å²) in [5.74, 6) is -0.000881. The molecule has 0 saturated heterocycles. The number of halogens is 1. The molecule has 2 rings (SSSR count). The first-order chi connectivity index (χ1) is 12.0. The van der Waals surface area contributed by atoms with E-state index in [0.717, 1.165) is 0 Å². The normalized spacial score (nSPS) is 12.9. The second-order valence-electron chi connectivity index (χ2n) is 5.83. The molecule has 0 bridgehead atoms. The molecule has 0 fully saturated rings. The fourth-order valence-electron chi connectivity index (χ4n) is 2.31. The maximum Gasteiger partial charge on any atom is 0.315 e. The second kappa shape index (κ2) is 8.86. The number of urea groups is 1. The van der Waals surface area contributed by atoms with Gasteiger partial charge in [-0.2, -0.15) is 0 Å². The molecule has 6 nitrogen and oxygen atoms in total. The highest BCUT2D eigenvalue weighted by Crippen LogP contribution is 2.08. The molecule has 0 aliphatic heterocycles. The molecule has 0 radical (unpaired) electrons. The Hall–Kier alpha value is -2.83. The van der Waals surface area contributed by atoms with Gasteiger partial charge in [0.15, 0.2) is 0 Å². The third-order valence-electron chi connectivity index (χ3n) is 3.62. The summed E-state index contributed by atoms with van der Waals surface area (Å²) in [7, 11) is 0. The first kappa shape index (κ1) is 18.5. The number of carbonyl (C=O) groups excluding carboxylic acids is 2. The Balaban J connectivity index is 1.74. The number of nitrogens with one attached hydrogen (secondary N) is 3. The molecule has 7 heteroatoms. The van der Waals surface area contributed by atoms with Crippen molar-refractivity contribution < 1.29 is 18.4 Å². The Morgan fingerprint density at radius 3 is 2.56 bits per heavy atom. The Morgan fingerprint density at radius 2 is 1.88 bits per heavy atom. The van der Waals surface area contributed by atoms with Gasteiger partial charge >= 0.3 is 6.03 Å². The van der Waals surface area contributed by atoms with Gasteiger partial charge in [0.1, 0.15) is 17.6 Å². The molecule has 1 aromatic carbocycles. The molecule has 0 aliphatic rings. The molecule has 2 aromatic rings. The van der Waals surface area contributed by atoms with E-state index in [1.165, 1.54) is 12.3 Å². The lowest BCUT2D eigenvalue weighted by atomic mass is 10.1. The lowest BCUT2D eigenvalue weighted by Gasteiger charge is -2.18. The minimum atomic E-state index is -0.712. The predicted octanol–water partition coefficient (Wildman–Crippen LogP) is 2.35. The SMILES string of the molecule is CC(Cc1ccccc1F)NC(=O)NC(C)C(=O)NCc1ccco1. The fourth-order valence-corrected chi connectivity index (χ4v) is 2.31. The minimum absolute atomic E-state index is 0.253. The summed E-state index contributed by atoms with van der Waals surface area (Å²) in [5, 5.41) is 7.92. The van der Waals surface area contributed by atoms with E-state index in [1.807, 2.05) is 0 Å². The second-order valence-corrected chi connectivity index (χ2v) is 5.83. The number of rotatable bonds is 7. The standard InChI is InChI=1S/C18H22FN3O3/c1-12(10-14-6-3-4-8-16(14)19)21-18(24)22-13(2)17(23)20-11-15-7-5-9-25-15/h3-9,12-13H,10-11H2,1-2H3,(H,20,23)(H2,21,22,24). The lowest BCUT2D eigenvalue weighted by Crippen LogP contribution is -2.50. The Bertz CT molecular complexity index is 703. The zero-order valence-corrected chi connectivity index (χ0v) is 14.2. The highest BCUT2D eigenvalue weighted by molar-refractivity contribution is 5.86. The number of benzene rings is 1. The third kappa shape index (κ3) is 5.95. The van der Waals surface area contributed by atoms with E-state index < -0.39 is 12.1 Å². The first-order valence-electron chi connectivity index (χ1n) is 8.06. The van der Waals surface area contributed by atoms with Gasteiger partial charge in [-0.25, -0.2) is 9.18 Å². The van der Waals surface area contributed by atoms with E-state index in [0.29, 0.717) is 17.7 Å². The number of furan rings is 1. The summed E-state index contributed by atoms with van der Waals surface area (Å²) < 4.78 is 18.7. The largest absolute Gasteiger partial charge is 0.467 e. The Morgan fingerprint density at radius 1 is 1.12 bits per heavy atom. The maximum atomic E-state index is 13.6. The zero-order chi connectivity index (χ0) is 18.2. The van der Waals surface area contributed by atoms with Crippen LogP contribution < -0.4 is 16.0 Å². The summed E-state index contributed by atoms with van der Waals surface area (Å²) in [5.41, 5.74) is 0.527. The summed E-state index contributed by atoms with van der Waals surface area (Å²) in [6, 6.07) is 8.42. The van der Waals surface area contributed by atoms with Crippen LogP contribution in [-0.4, -0.2) is 24.0 Å². The van der Waals surface area contributed by atoms with Gasteiger partial charge in [-0.05, 0) is 44.0 Å². The van der Waals surface area contributed by atoms with Gasteiger partial charge < -0.3 is 20.4 Å². The zero-order valence-electron chi connectivity index (χ0n) is 14.2. The lowest BCUT2D eigenvalue weighted by molar-refractivity contribution is -0.122. The molecular formula is C18H22FN3O3. The van der Waals surface area contributed by atoms with E-state index in [-0.39, 0.29) is 24.3 Å². The van der Waals surface area contributed by atoms with Crippen molar-refractivity contribution in [1.82, 2.24) is 16.0 Å². The quantitative estimate of drug-likeness (QED) is 0.719. The van der Waals surface area contributed by atoms with Crippen LogP contribution in [0.4, 0.5) is 9.18 Å². The average Bonchev–Trinajstić information content (AvgIpc) is 3.08. The molecular weight excluding hydrogens is 325 g/mol. The van der Waals surface area contributed by atoms with Gasteiger partial charge in [-0.15, -0.1) is 0 Å². The van der Waals surface area contributed by atoms with E-state index in [2.05, 4.69) is 16.0 Å². The molecule has 2 atom stereocenters. The van der Waals surface area contributed by atoms with Gasteiger partial charge in [0, 0.05) is 6.04 Å².